The van der Waals surface area contributed by atoms with Crippen LogP contribution in [0, 0.1) is 0 Å². The van der Waals surface area contributed by atoms with Crippen LogP contribution in [0.1, 0.15) is 33.5 Å². The molecule has 0 saturated carbocycles. The number of aromatic nitrogens is 4. The van der Waals surface area contributed by atoms with E-state index in [2.05, 4.69) is 20.4 Å². The van der Waals surface area contributed by atoms with Crippen LogP contribution in [-0.2, 0) is 6.54 Å². The van der Waals surface area contributed by atoms with Crippen LogP contribution >= 0.6 is 11.6 Å². The van der Waals surface area contributed by atoms with E-state index in [-0.39, 0.29) is 11.9 Å². The second-order valence-corrected chi connectivity index (χ2v) is 8.68. The molecule has 0 bridgehead atoms. The van der Waals surface area contributed by atoms with Crippen LogP contribution in [0.4, 0.5) is 0 Å². The summed E-state index contributed by atoms with van der Waals surface area (Å²) < 4.78 is 12.4. The van der Waals surface area contributed by atoms with Crippen molar-refractivity contribution in [3.63, 3.8) is 0 Å². The van der Waals surface area contributed by atoms with E-state index < -0.39 is 0 Å². The number of carbonyl (C=O) groups excluding carboxylic acids is 1. The summed E-state index contributed by atoms with van der Waals surface area (Å²) in [4.78, 5) is 16.8. The number of benzene rings is 2. The zero-order chi connectivity index (χ0) is 24.2. The predicted octanol–water partition coefficient (Wildman–Crippen LogP) is 3.52. The Morgan fingerprint density at radius 2 is 1.83 bits per heavy atom. The Morgan fingerprint density at radius 3 is 2.51 bits per heavy atom. The molecule has 3 heterocycles. The first-order chi connectivity index (χ1) is 17.1. The molecule has 1 atom stereocenters. The maximum absolute atomic E-state index is 12.7. The number of carbonyl (C=O) groups is 1. The van der Waals surface area contributed by atoms with E-state index in [1.165, 1.54) is 6.26 Å². The number of ether oxygens (including phenoxy) is 1. The summed E-state index contributed by atoms with van der Waals surface area (Å²) >= 11 is 6.65. The molecule has 0 spiro atoms. The van der Waals surface area contributed by atoms with Crippen molar-refractivity contribution in [1.29, 1.82) is 0 Å². The summed E-state index contributed by atoms with van der Waals surface area (Å²) in [7, 11) is 1.64. The maximum Gasteiger partial charge on any atom is 0.289 e. The van der Waals surface area contributed by atoms with Gasteiger partial charge in [-0.15, -0.1) is 5.10 Å². The van der Waals surface area contributed by atoms with Gasteiger partial charge in [0.1, 0.15) is 5.75 Å². The van der Waals surface area contributed by atoms with Gasteiger partial charge in [-0.3, -0.25) is 9.69 Å². The molecule has 0 N–H and O–H groups in total. The smallest absolute Gasteiger partial charge is 0.289 e. The highest BCUT2D eigenvalue weighted by Gasteiger charge is 2.33. The van der Waals surface area contributed by atoms with Crippen LogP contribution in [0.25, 0.3) is 0 Å². The van der Waals surface area contributed by atoms with Crippen molar-refractivity contribution in [2.75, 3.05) is 33.3 Å². The summed E-state index contributed by atoms with van der Waals surface area (Å²) in [6, 6.07) is 18.7. The van der Waals surface area contributed by atoms with Gasteiger partial charge < -0.3 is 14.1 Å². The second-order valence-electron chi connectivity index (χ2n) is 8.27. The first-order valence-corrected chi connectivity index (χ1v) is 11.7. The number of hydrogen-bond acceptors (Lipinski definition) is 7. The minimum absolute atomic E-state index is 0.103. The normalized spacial score (nSPS) is 15.2. The zero-order valence-electron chi connectivity index (χ0n) is 19.2. The highest BCUT2D eigenvalue weighted by molar-refractivity contribution is 6.31. The molecule has 1 fully saturated rings. The average molecular weight is 493 g/mol. The van der Waals surface area contributed by atoms with Crippen molar-refractivity contribution in [2.45, 2.75) is 12.6 Å². The summed E-state index contributed by atoms with van der Waals surface area (Å²) in [6.45, 7) is 2.89. The highest BCUT2D eigenvalue weighted by Crippen LogP contribution is 2.33. The Morgan fingerprint density at radius 1 is 1.06 bits per heavy atom. The molecule has 9 nitrogen and oxygen atoms in total. The van der Waals surface area contributed by atoms with E-state index in [0.29, 0.717) is 49.3 Å². The number of piperazine rings is 1. The molecule has 1 aliphatic rings. The molecule has 0 aliphatic carbocycles. The highest BCUT2D eigenvalue weighted by atomic mass is 35.5. The summed E-state index contributed by atoms with van der Waals surface area (Å²) in [5.74, 6) is 1.74. The number of furan rings is 1. The van der Waals surface area contributed by atoms with Crippen molar-refractivity contribution >= 4 is 17.5 Å². The van der Waals surface area contributed by atoms with Gasteiger partial charge in [0, 0.05) is 31.2 Å². The number of hydrogen-bond donors (Lipinski definition) is 0. The quantitative estimate of drug-likeness (QED) is 0.390. The van der Waals surface area contributed by atoms with Crippen molar-refractivity contribution in [3.8, 4) is 5.75 Å². The topological polar surface area (TPSA) is 89.5 Å². The lowest BCUT2D eigenvalue weighted by Gasteiger charge is -2.38. The zero-order valence-corrected chi connectivity index (χ0v) is 20.0. The van der Waals surface area contributed by atoms with E-state index in [9.17, 15) is 4.79 Å². The van der Waals surface area contributed by atoms with Crippen LogP contribution in [0.3, 0.4) is 0 Å². The van der Waals surface area contributed by atoms with E-state index >= 15 is 0 Å². The van der Waals surface area contributed by atoms with Gasteiger partial charge >= 0.3 is 0 Å². The average Bonchev–Trinajstić information content (AvgIpc) is 3.59. The first-order valence-electron chi connectivity index (χ1n) is 11.3. The standard InChI is InChI=1S/C25H25ClN6O3/c1-34-19-10-8-18(9-11-19)17-32-24(27-28-29-32)23(20-5-2-3-6-21(20)26)30-12-14-31(15-13-30)25(33)22-7-4-16-35-22/h2-11,16,23H,12-15,17H2,1H3/t23-/m1/s1. The van der Waals surface area contributed by atoms with Gasteiger partial charge in [-0.1, -0.05) is 41.9 Å². The molecule has 4 aromatic rings. The molecule has 1 aliphatic heterocycles. The Bertz CT molecular complexity index is 1270. The lowest BCUT2D eigenvalue weighted by Crippen LogP contribution is -2.50. The van der Waals surface area contributed by atoms with Gasteiger partial charge in [-0.2, -0.15) is 0 Å². The van der Waals surface area contributed by atoms with Gasteiger partial charge in [-0.25, -0.2) is 4.68 Å². The van der Waals surface area contributed by atoms with Gasteiger partial charge in [0.15, 0.2) is 11.6 Å². The molecule has 2 aromatic heterocycles. The van der Waals surface area contributed by atoms with Crippen molar-refractivity contribution in [3.05, 3.63) is 94.7 Å². The molecule has 0 radical (unpaired) electrons. The number of rotatable bonds is 7. The lowest BCUT2D eigenvalue weighted by atomic mass is 10.0. The molecule has 1 amide bonds. The molecule has 1 saturated heterocycles. The lowest BCUT2D eigenvalue weighted by molar-refractivity contribution is 0.0559. The van der Waals surface area contributed by atoms with E-state index in [1.807, 2.05) is 48.5 Å². The molecule has 10 heteroatoms. The third kappa shape index (κ3) is 4.91. The molecule has 180 valence electrons. The summed E-state index contributed by atoms with van der Waals surface area (Å²) in [5.41, 5.74) is 1.97. The van der Waals surface area contributed by atoms with Crippen molar-refractivity contribution in [1.82, 2.24) is 30.0 Å². The fourth-order valence-electron chi connectivity index (χ4n) is 4.36. The molecule has 2 aromatic carbocycles. The maximum atomic E-state index is 12.7. The molecule has 35 heavy (non-hydrogen) atoms. The Hall–Kier alpha value is -3.69. The van der Waals surface area contributed by atoms with Gasteiger partial charge in [0.2, 0.25) is 0 Å². The molecular formula is C25H25ClN6O3. The monoisotopic (exact) mass is 492 g/mol. The van der Waals surface area contributed by atoms with E-state index in [0.717, 1.165) is 16.9 Å². The van der Waals surface area contributed by atoms with Gasteiger partial charge in [0.25, 0.3) is 5.91 Å². The number of nitrogens with zero attached hydrogens (tertiary/aromatic N) is 6. The minimum atomic E-state index is -0.266. The third-order valence-electron chi connectivity index (χ3n) is 6.19. The largest absolute Gasteiger partial charge is 0.497 e. The third-order valence-corrected chi connectivity index (χ3v) is 6.54. The number of amides is 1. The fraction of sp³-hybridized carbons (Fsp3) is 0.280. The van der Waals surface area contributed by atoms with Crippen LogP contribution in [-0.4, -0.2) is 69.2 Å². The van der Waals surface area contributed by atoms with Crippen molar-refractivity contribution < 1.29 is 13.9 Å². The van der Waals surface area contributed by atoms with Gasteiger partial charge in [-0.05, 0) is 51.9 Å². The Kier molecular flexibility index (Phi) is 6.78. The molecular weight excluding hydrogens is 468 g/mol. The molecule has 5 rings (SSSR count). The van der Waals surface area contributed by atoms with Crippen LogP contribution in [0.2, 0.25) is 5.02 Å². The molecule has 0 unspecified atom stereocenters. The fourth-order valence-corrected chi connectivity index (χ4v) is 4.60. The number of tetrazole rings is 1. The summed E-state index contributed by atoms with van der Waals surface area (Å²) in [6.07, 6.45) is 1.51. The van der Waals surface area contributed by atoms with Gasteiger partial charge in [0.05, 0.1) is 26.0 Å². The number of methoxy groups -OCH3 is 1. The van der Waals surface area contributed by atoms with Crippen molar-refractivity contribution in [2.24, 2.45) is 0 Å². The SMILES string of the molecule is COc1ccc(Cn2nnnc2[C@@H](c2ccccc2Cl)N2CCN(C(=O)c3ccco3)CC2)cc1. The van der Waals surface area contributed by atoms with E-state index in [4.69, 9.17) is 20.8 Å². The van der Waals surface area contributed by atoms with Crippen LogP contribution < -0.4 is 4.74 Å². The second kappa shape index (κ2) is 10.3. The Labute approximate surface area is 207 Å². The summed E-state index contributed by atoms with van der Waals surface area (Å²) in [5, 5.41) is 13.3. The minimum Gasteiger partial charge on any atom is -0.497 e. The van der Waals surface area contributed by atoms with Crippen LogP contribution in [0.5, 0.6) is 5.75 Å². The Balaban J connectivity index is 1.41. The first kappa shape index (κ1) is 23.1. The number of halogens is 1. The van der Waals surface area contributed by atoms with E-state index in [1.54, 1.807) is 28.8 Å². The predicted molar refractivity (Wildman–Crippen MR) is 129 cm³/mol. The van der Waals surface area contributed by atoms with Crippen LogP contribution in [0.15, 0.2) is 71.3 Å².